The van der Waals surface area contributed by atoms with E-state index < -0.39 is 6.79 Å². The Morgan fingerprint density at radius 2 is 0.390 bits per heavy atom. The summed E-state index contributed by atoms with van der Waals surface area (Å²) in [6.07, 6.45) is 2.02. The fourth-order valence-electron chi connectivity index (χ4n) is 7.89. The van der Waals surface area contributed by atoms with Crippen molar-refractivity contribution in [2.45, 2.75) is 45.7 Å². The second-order valence-electron chi connectivity index (χ2n) is 20.5. The molecule has 0 atom stereocenters. The van der Waals surface area contributed by atoms with E-state index in [9.17, 15) is 15.3 Å². The minimum Gasteiger partial charge on any atom is -0.508 e. The molecule has 0 heterocycles. The third-order valence-electron chi connectivity index (χ3n) is 13.1. The second-order valence-corrected chi connectivity index (χ2v) is 20.5. The molecule has 0 bridgehead atoms. The molecule has 0 saturated carbocycles. The summed E-state index contributed by atoms with van der Waals surface area (Å²) in [5.41, 5.74) is 9.07. The molecule has 0 aliphatic rings. The van der Waals surface area contributed by atoms with E-state index in [1.807, 2.05) is 104 Å². The Hall–Kier alpha value is -12.3. The number of benzene rings is 12. The number of carbonyl (C=O) groups is 1. The monoisotopic (exact) mass is 1370 g/mol. The Bertz CT molecular complexity index is 3810. The molecule has 0 aliphatic heterocycles. The van der Waals surface area contributed by atoms with Gasteiger partial charge in [0.2, 0.25) is 0 Å². The largest absolute Gasteiger partial charge is 1.00 e. The van der Waals surface area contributed by atoms with E-state index in [0.717, 1.165) is 50.9 Å². The van der Waals surface area contributed by atoms with Crippen LogP contribution < -0.4 is 0 Å². The quantitative estimate of drug-likeness (QED) is 0.0447. The van der Waals surface area contributed by atoms with Crippen LogP contribution in [0.4, 0.5) is 0 Å². The molecule has 0 aliphatic carbocycles. The molecule has 524 valence electrons. The Morgan fingerprint density at radius 1 is 0.210 bits per heavy atom. The molecule has 22 N–H and O–H groups in total. The highest BCUT2D eigenvalue weighted by atomic mass is 16.5. The number of phenols is 12. The van der Waals surface area contributed by atoms with Gasteiger partial charge in [0.15, 0.2) is 26.4 Å². The second kappa shape index (κ2) is 51.0. The van der Waals surface area contributed by atoms with Crippen LogP contribution in [0, 0.1) is 0 Å². The Balaban J connectivity index is 0.000000570. The van der Waals surface area contributed by atoms with Crippen LogP contribution in [0.25, 0.3) is 0 Å². The molecule has 12 aromatic carbocycles. The predicted molar refractivity (Wildman–Crippen MR) is 393 cm³/mol. The highest BCUT2D eigenvalue weighted by Gasteiger charge is 2.06. The molecule has 0 saturated heterocycles. The number of aromatic hydroxyl groups is 12. The molecule has 19 nitrogen and oxygen atoms in total. The number of hydrogen-bond acceptors (Lipinski definition) is 15. The van der Waals surface area contributed by atoms with Gasteiger partial charge in [0.25, 0.3) is 0 Å². The van der Waals surface area contributed by atoms with Crippen LogP contribution in [-0.4, -0.2) is 105 Å². The molecule has 0 unspecified atom stereocenters. The Kier molecular flexibility index (Phi) is 42.7. The van der Waals surface area contributed by atoms with Crippen molar-refractivity contribution in [2.75, 3.05) is 6.79 Å². The van der Waals surface area contributed by atoms with Crippen molar-refractivity contribution in [2.24, 2.45) is 0 Å². The van der Waals surface area contributed by atoms with E-state index in [0.29, 0.717) is 41.2 Å². The van der Waals surface area contributed by atoms with Gasteiger partial charge >= 0.3 is 1.43 Å². The predicted octanol–water partition coefficient (Wildman–Crippen LogP) is 12.2. The molecule has 0 aromatic heterocycles. The number of hydrogen-bond donors (Lipinski definition) is 14. The smallest absolute Gasteiger partial charge is 0.508 e. The van der Waals surface area contributed by atoms with E-state index in [1.165, 1.54) is 0 Å². The molecule has 12 rings (SSSR count). The number of aliphatic hydroxyl groups excluding tert-OH is 1. The summed E-state index contributed by atoms with van der Waals surface area (Å²) in [5, 5.41) is 151. The van der Waals surface area contributed by atoms with Crippen LogP contribution in [0.5, 0.6) is 69.0 Å². The maximum Gasteiger partial charge on any atom is 1.00 e. The van der Waals surface area contributed by atoms with Crippen molar-refractivity contribution >= 4 is 6.79 Å². The molecular formula is C81H91O19+5. The lowest BCUT2D eigenvalue weighted by Crippen LogP contribution is -1.88. The number of phenolic OH excluding ortho intramolecular Hbond substituents is 12. The topological polar surface area (TPSA) is 392 Å². The zero-order chi connectivity index (χ0) is 73.7. The SMILES string of the molecule is C=O.OCO.Oc1ccc(C[OH2+])cc1.Oc1ccc(C[OH2+])cc1.Oc1ccc(Cc2ccc(O)cc2)cc1.Oc1ccc(Cc2ccccc2O)cc1.Oc1ccccc1.Oc1ccccc1.Oc1ccccc1C[OH2+].Oc1ccccc1C[OH2+].Oc1ccccc1Cc1ccccc1O.[H+]. The zero-order valence-electron chi connectivity index (χ0n) is 55.9. The van der Waals surface area contributed by atoms with Crippen molar-refractivity contribution in [3.63, 3.8) is 0 Å². The van der Waals surface area contributed by atoms with E-state index in [2.05, 4.69) is 0 Å². The first-order valence-electron chi connectivity index (χ1n) is 30.6. The highest BCUT2D eigenvalue weighted by molar-refractivity contribution is 5.42. The summed E-state index contributed by atoms with van der Waals surface area (Å²) < 4.78 is 0. The first-order valence-corrected chi connectivity index (χ1v) is 30.6. The molecule has 0 radical (unpaired) electrons. The third kappa shape index (κ3) is 37.1. The first-order chi connectivity index (χ1) is 48.3. The van der Waals surface area contributed by atoms with Crippen molar-refractivity contribution in [3.8, 4) is 69.0 Å². The number of aliphatic hydroxyl groups is 2. The highest BCUT2D eigenvalue weighted by Crippen LogP contribution is 2.25. The van der Waals surface area contributed by atoms with Crippen LogP contribution in [0.1, 0.15) is 57.1 Å². The normalized spacial score (nSPS) is 9.38. The minimum atomic E-state index is -0.750. The van der Waals surface area contributed by atoms with Crippen molar-refractivity contribution in [1.29, 1.82) is 0 Å². The van der Waals surface area contributed by atoms with Crippen LogP contribution in [-0.2, 0) is 50.5 Å². The van der Waals surface area contributed by atoms with Gasteiger partial charge < -0.3 is 96.7 Å². The van der Waals surface area contributed by atoms with Gasteiger partial charge in [-0.15, -0.1) is 0 Å². The molecule has 19 heteroatoms. The van der Waals surface area contributed by atoms with Crippen LogP contribution >= 0.6 is 0 Å². The van der Waals surface area contributed by atoms with Crippen molar-refractivity contribution in [3.05, 3.63) is 359 Å². The van der Waals surface area contributed by atoms with Crippen LogP contribution in [0.2, 0.25) is 0 Å². The van der Waals surface area contributed by atoms with Gasteiger partial charge in [-0.05, 0) is 191 Å². The molecule has 12 aromatic rings. The number of carbonyl (C=O) groups excluding carboxylic acids is 1. The van der Waals surface area contributed by atoms with Crippen molar-refractivity contribution in [1.82, 2.24) is 0 Å². The fraction of sp³-hybridized carbons (Fsp3) is 0.0988. The van der Waals surface area contributed by atoms with Gasteiger partial charge in [-0.1, -0.05) is 152 Å². The molecular weight excluding hydrogens is 1280 g/mol. The molecule has 0 spiro atoms. The van der Waals surface area contributed by atoms with E-state index in [-0.39, 0.29) is 79.6 Å². The van der Waals surface area contributed by atoms with Crippen LogP contribution in [0.3, 0.4) is 0 Å². The maximum atomic E-state index is 9.58. The van der Waals surface area contributed by atoms with Crippen molar-refractivity contribution < 1.29 is 98.1 Å². The summed E-state index contributed by atoms with van der Waals surface area (Å²) in [4.78, 5) is 8.00. The lowest BCUT2D eigenvalue weighted by molar-refractivity contribution is -0.0980. The van der Waals surface area contributed by atoms with E-state index in [4.69, 9.17) is 81.4 Å². The van der Waals surface area contributed by atoms with E-state index in [1.54, 1.807) is 206 Å². The Morgan fingerprint density at radius 3 is 0.580 bits per heavy atom. The fourth-order valence-corrected chi connectivity index (χ4v) is 7.89. The number of rotatable bonds is 10. The van der Waals surface area contributed by atoms with Gasteiger partial charge in [-0.2, -0.15) is 0 Å². The zero-order valence-corrected chi connectivity index (χ0v) is 54.9. The number of para-hydroxylation sites is 7. The third-order valence-corrected chi connectivity index (χ3v) is 13.1. The summed E-state index contributed by atoms with van der Waals surface area (Å²) in [6, 6.07) is 87.3. The summed E-state index contributed by atoms with van der Waals surface area (Å²) in [7, 11) is 0. The lowest BCUT2D eigenvalue weighted by atomic mass is 10.0. The summed E-state index contributed by atoms with van der Waals surface area (Å²) in [5.74, 6) is 3.25. The molecule has 0 amide bonds. The first kappa shape index (κ1) is 83.8. The molecule has 0 fully saturated rings. The lowest BCUT2D eigenvalue weighted by Gasteiger charge is -2.05. The van der Waals surface area contributed by atoms with Gasteiger partial charge in [0, 0.05) is 24.0 Å². The maximum absolute atomic E-state index is 9.58. The van der Waals surface area contributed by atoms with Gasteiger partial charge in [0.1, 0.15) is 82.6 Å². The summed E-state index contributed by atoms with van der Waals surface area (Å²) in [6.45, 7) is 2.10. The van der Waals surface area contributed by atoms with Gasteiger partial charge in [-0.25, -0.2) is 0 Å². The minimum absolute atomic E-state index is 0. The Labute approximate surface area is 582 Å². The summed E-state index contributed by atoms with van der Waals surface area (Å²) >= 11 is 0. The van der Waals surface area contributed by atoms with Gasteiger partial charge in [0.05, 0.1) is 11.1 Å². The van der Waals surface area contributed by atoms with E-state index >= 15 is 0 Å². The molecule has 100 heavy (non-hydrogen) atoms. The average molecular weight is 1370 g/mol. The average Bonchev–Trinajstić information content (AvgIpc) is 0.902. The standard InChI is InChI=1S/3C13H12O2.4C7H8O2.2C6H6O.CH4O2.CH2O/c14-12-5-1-10(2-6-12)9-11-3-7-13(15)8-4-11;14-12-7-3-1-5-10(12)9-11-6-2-4-8-13(11)15;14-12-7-5-10(6-8-12)9-11-3-1-2-4-13(11)15;2*8-5-6-1-3-7(9)4-2-6;2*8-5-6-3-1-2-4-7(6)9;2*7-6-4-2-1-3-5-6;2-1-3;1-2/h3*1-8,14-15H,9H2;4*1-4,8-9H,5H2;2*1-5,7H;2-3H,1H2;1H2/p+5. The van der Waals surface area contributed by atoms with Crippen LogP contribution in [0.15, 0.2) is 303 Å². The van der Waals surface area contributed by atoms with Gasteiger partial charge in [-0.3, -0.25) is 0 Å².